The second-order valence-corrected chi connectivity index (χ2v) is 6.46. The van der Waals surface area contributed by atoms with Gasteiger partial charge in [0, 0.05) is 12.1 Å². The molecule has 98 valence electrons. The van der Waals surface area contributed by atoms with Crippen molar-refractivity contribution < 1.29 is 0 Å². The van der Waals surface area contributed by atoms with Crippen LogP contribution in [-0.4, -0.2) is 25.2 Å². The Bertz CT molecular complexity index is 231. The predicted molar refractivity (Wildman–Crippen MR) is 72.1 cm³/mol. The van der Waals surface area contributed by atoms with E-state index < -0.39 is 0 Å². The monoisotopic (exact) mass is 236 g/mol. The van der Waals surface area contributed by atoms with Crippen molar-refractivity contribution in [3.05, 3.63) is 0 Å². The van der Waals surface area contributed by atoms with E-state index in [4.69, 9.17) is 0 Å². The summed E-state index contributed by atoms with van der Waals surface area (Å²) in [6, 6.07) is 1.64. The maximum atomic E-state index is 3.89. The average Bonchev–Trinajstić information content (AvgIpc) is 3.22. The quantitative estimate of drug-likeness (QED) is 0.784. The normalized spacial score (nSPS) is 39.2. The molecule has 3 fully saturated rings. The Balaban J connectivity index is 1.53. The molecule has 2 N–H and O–H groups in total. The number of hydrogen-bond acceptors (Lipinski definition) is 2. The second kappa shape index (κ2) is 5.71. The molecule has 1 heterocycles. The van der Waals surface area contributed by atoms with Crippen molar-refractivity contribution in [2.45, 2.75) is 69.9 Å². The number of rotatable bonds is 4. The van der Waals surface area contributed by atoms with Gasteiger partial charge in [-0.25, -0.2) is 0 Å². The molecular weight excluding hydrogens is 208 g/mol. The van der Waals surface area contributed by atoms with Crippen LogP contribution in [0, 0.1) is 11.8 Å². The summed E-state index contributed by atoms with van der Waals surface area (Å²) >= 11 is 0. The van der Waals surface area contributed by atoms with Gasteiger partial charge in [-0.05, 0) is 63.5 Å². The van der Waals surface area contributed by atoms with Crippen LogP contribution in [0.4, 0.5) is 0 Å². The molecule has 2 aliphatic carbocycles. The van der Waals surface area contributed by atoms with Crippen molar-refractivity contribution in [2.75, 3.05) is 13.1 Å². The second-order valence-electron chi connectivity index (χ2n) is 6.46. The zero-order chi connectivity index (χ0) is 11.5. The van der Waals surface area contributed by atoms with Crippen LogP contribution in [-0.2, 0) is 0 Å². The van der Waals surface area contributed by atoms with Crippen LogP contribution >= 0.6 is 0 Å². The lowest BCUT2D eigenvalue weighted by Crippen LogP contribution is -2.50. The first-order chi connectivity index (χ1) is 8.43. The van der Waals surface area contributed by atoms with Crippen LogP contribution in [0.1, 0.15) is 57.8 Å². The molecule has 0 amide bonds. The van der Waals surface area contributed by atoms with E-state index in [0.29, 0.717) is 0 Å². The lowest BCUT2D eigenvalue weighted by atomic mass is 9.77. The molecular formula is C15H28N2. The molecule has 0 radical (unpaired) electrons. The van der Waals surface area contributed by atoms with Gasteiger partial charge in [0.2, 0.25) is 0 Å². The van der Waals surface area contributed by atoms with Crippen LogP contribution in [0.2, 0.25) is 0 Å². The van der Waals surface area contributed by atoms with Crippen molar-refractivity contribution >= 4 is 0 Å². The van der Waals surface area contributed by atoms with Crippen LogP contribution in [0.25, 0.3) is 0 Å². The Hall–Kier alpha value is -0.0800. The van der Waals surface area contributed by atoms with Crippen LogP contribution < -0.4 is 10.6 Å². The predicted octanol–water partition coefficient (Wildman–Crippen LogP) is 2.69. The highest BCUT2D eigenvalue weighted by molar-refractivity contribution is 4.91. The lowest BCUT2D eigenvalue weighted by molar-refractivity contribution is 0.181. The van der Waals surface area contributed by atoms with Gasteiger partial charge in [0.1, 0.15) is 0 Å². The molecule has 2 heteroatoms. The highest BCUT2D eigenvalue weighted by atomic mass is 15.0. The molecule has 1 saturated heterocycles. The van der Waals surface area contributed by atoms with Gasteiger partial charge in [0.05, 0.1) is 0 Å². The minimum Gasteiger partial charge on any atom is -0.314 e. The fraction of sp³-hybridized carbons (Fsp3) is 1.00. The van der Waals surface area contributed by atoms with Gasteiger partial charge < -0.3 is 10.6 Å². The zero-order valence-corrected chi connectivity index (χ0v) is 11.1. The molecule has 3 rings (SSSR count). The third kappa shape index (κ3) is 3.23. The molecule has 2 nitrogen and oxygen atoms in total. The first-order valence-electron chi connectivity index (χ1n) is 7.90. The Kier molecular flexibility index (Phi) is 4.02. The van der Waals surface area contributed by atoms with Gasteiger partial charge in [0.15, 0.2) is 0 Å². The fourth-order valence-electron chi connectivity index (χ4n) is 3.78. The summed E-state index contributed by atoms with van der Waals surface area (Å²) in [4.78, 5) is 0. The topological polar surface area (TPSA) is 24.1 Å². The van der Waals surface area contributed by atoms with Crippen LogP contribution in [0.3, 0.4) is 0 Å². The molecule has 0 bridgehead atoms. The van der Waals surface area contributed by atoms with Crippen molar-refractivity contribution in [2.24, 2.45) is 11.8 Å². The number of hydrogen-bond donors (Lipinski definition) is 2. The van der Waals surface area contributed by atoms with E-state index in [1.54, 1.807) is 0 Å². The first kappa shape index (κ1) is 12.0. The summed E-state index contributed by atoms with van der Waals surface area (Å²) in [6.45, 7) is 2.56. The van der Waals surface area contributed by atoms with Gasteiger partial charge in [0.25, 0.3) is 0 Å². The summed E-state index contributed by atoms with van der Waals surface area (Å²) in [5, 5.41) is 7.67. The van der Waals surface area contributed by atoms with E-state index in [1.165, 1.54) is 70.9 Å². The van der Waals surface area contributed by atoms with Crippen LogP contribution in [0.5, 0.6) is 0 Å². The maximum absolute atomic E-state index is 3.89. The van der Waals surface area contributed by atoms with E-state index >= 15 is 0 Å². The number of nitrogens with one attached hydrogen (secondary N) is 2. The summed E-state index contributed by atoms with van der Waals surface area (Å²) < 4.78 is 0. The first-order valence-corrected chi connectivity index (χ1v) is 7.90. The molecule has 0 aromatic carbocycles. The van der Waals surface area contributed by atoms with Crippen molar-refractivity contribution in [1.29, 1.82) is 0 Å². The van der Waals surface area contributed by atoms with Crippen LogP contribution in [0.15, 0.2) is 0 Å². The summed E-state index contributed by atoms with van der Waals surface area (Å²) in [5.41, 5.74) is 0. The highest BCUT2D eigenvalue weighted by Gasteiger charge is 2.33. The SMILES string of the molecule is C1CCC(C2CCCCC2NCC2CC2)NC1. The average molecular weight is 236 g/mol. The maximum Gasteiger partial charge on any atom is 0.0110 e. The Morgan fingerprint density at radius 1 is 0.882 bits per heavy atom. The summed E-state index contributed by atoms with van der Waals surface area (Å²) in [6.07, 6.45) is 13.0. The molecule has 0 aromatic heterocycles. The van der Waals surface area contributed by atoms with Gasteiger partial charge in [-0.3, -0.25) is 0 Å². The van der Waals surface area contributed by atoms with E-state index in [1.807, 2.05) is 0 Å². The molecule has 1 aliphatic heterocycles. The number of piperidine rings is 1. The summed E-state index contributed by atoms with van der Waals surface area (Å²) in [5.74, 6) is 1.94. The molecule has 0 aromatic rings. The van der Waals surface area contributed by atoms with Gasteiger partial charge >= 0.3 is 0 Å². The third-order valence-corrected chi connectivity index (χ3v) is 5.05. The summed E-state index contributed by atoms with van der Waals surface area (Å²) in [7, 11) is 0. The van der Waals surface area contributed by atoms with E-state index in [2.05, 4.69) is 10.6 Å². The largest absolute Gasteiger partial charge is 0.314 e. The Morgan fingerprint density at radius 3 is 2.47 bits per heavy atom. The van der Waals surface area contributed by atoms with Crippen molar-refractivity contribution in [3.63, 3.8) is 0 Å². The molecule has 3 aliphatic rings. The standard InChI is InChI=1S/C15H28N2/c1-2-6-15(17-11-12-8-9-12)13(5-1)14-7-3-4-10-16-14/h12-17H,1-11H2. The van der Waals surface area contributed by atoms with Crippen molar-refractivity contribution in [1.82, 2.24) is 10.6 Å². The van der Waals surface area contributed by atoms with E-state index in [-0.39, 0.29) is 0 Å². The van der Waals surface area contributed by atoms with Crippen molar-refractivity contribution in [3.8, 4) is 0 Å². The van der Waals surface area contributed by atoms with Gasteiger partial charge in [-0.15, -0.1) is 0 Å². The molecule has 17 heavy (non-hydrogen) atoms. The third-order valence-electron chi connectivity index (χ3n) is 5.05. The lowest BCUT2D eigenvalue weighted by Gasteiger charge is -2.40. The molecule has 3 unspecified atom stereocenters. The minimum absolute atomic E-state index is 0.819. The van der Waals surface area contributed by atoms with Gasteiger partial charge in [-0.2, -0.15) is 0 Å². The van der Waals surface area contributed by atoms with E-state index in [9.17, 15) is 0 Å². The molecule has 0 spiro atoms. The molecule has 3 atom stereocenters. The Labute approximate surface area is 106 Å². The smallest absolute Gasteiger partial charge is 0.0110 e. The fourth-order valence-corrected chi connectivity index (χ4v) is 3.78. The molecule has 2 saturated carbocycles. The Morgan fingerprint density at radius 2 is 1.71 bits per heavy atom. The highest BCUT2D eigenvalue weighted by Crippen LogP contribution is 2.32. The minimum atomic E-state index is 0.819. The van der Waals surface area contributed by atoms with E-state index in [0.717, 1.165) is 23.9 Å². The van der Waals surface area contributed by atoms with Gasteiger partial charge in [-0.1, -0.05) is 19.3 Å². The zero-order valence-electron chi connectivity index (χ0n) is 11.1.